The third-order valence-electron chi connectivity index (χ3n) is 6.33. The lowest BCUT2D eigenvalue weighted by molar-refractivity contribution is -0.124. The van der Waals surface area contributed by atoms with E-state index in [0.717, 1.165) is 50.7 Å². The van der Waals surface area contributed by atoms with Crippen molar-refractivity contribution in [3.05, 3.63) is 71.8 Å². The molecule has 3 amide bonds. The van der Waals surface area contributed by atoms with Gasteiger partial charge in [-0.3, -0.25) is 9.69 Å². The highest BCUT2D eigenvalue weighted by Crippen LogP contribution is 2.10. The van der Waals surface area contributed by atoms with Crippen molar-refractivity contribution in [1.82, 2.24) is 20.4 Å². The summed E-state index contributed by atoms with van der Waals surface area (Å²) in [6.45, 7) is 8.03. The van der Waals surface area contributed by atoms with Gasteiger partial charge in [0.15, 0.2) is 0 Å². The van der Waals surface area contributed by atoms with E-state index in [4.69, 9.17) is 9.47 Å². The molecular formula is C29H42B3N4O5. The Morgan fingerprint density at radius 1 is 0.854 bits per heavy atom. The maximum Gasteiger partial charge on any atom is 0.410 e. The van der Waals surface area contributed by atoms with Crippen LogP contribution in [0.1, 0.15) is 45.2 Å². The molecule has 12 heteroatoms. The average Bonchev–Trinajstić information content (AvgIpc) is 3.29. The summed E-state index contributed by atoms with van der Waals surface area (Å²) in [5.41, 5.74) is 1.95. The Balaban J connectivity index is 0.000000367. The quantitative estimate of drug-likeness (QED) is 0.560. The summed E-state index contributed by atoms with van der Waals surface area (Å²) in [7, 11) is 10.0. The first-order valence-corrected chi connectivity index (χ1v) is 13.6. The van der Waals surface area contributed by atoms with Crippen LogP contribution < -0.4 is 10.6 Å². The van der Waals surface area contributed by atoms with E-state index in [1.54, 1.807) is 6.92 Å². The molecular weight excluding hydrogens is 517 g/mol. The summed E-state index contributed by atoms with van der Waals surface area (Å²) < 4.78 is 10.6. The van der Waals surface area contributed by atoms with Crippen molar-refractivity contribution in [3.63, 3.8) is 0 Å². The lowest BCUT2D eigenvalue weighted by Crippen LogP contribution is -2.45. The Morgan fingerprint density at radius 2 is 1.32 bits per heavy atom. The molecule has 41 heavy (non-hydrogen) atoms. The van der Waals surface area contributed by atoms with Gasteiger partial charge in [-0.05, 0) is 44.4 Å². The van der Waals surface area contributed by atoms with Crippen LogP contribution in [0.2, 0.25) is 0 Å². The molecule has 2 aromatic carbocycles. The van der Waals surface area contributed by atoms with Crippen molar-refractivity contribution in [2.45, 2.75) is 59.4 Å². The highest BCUT2D eigenvalue weighted by Gasteiger charge is 2.28. The van der Waals surface area contributed by atoms with Gasteiger partial charge in [-0.25, -0.2) is 9.59 Å². The van der Waals surface area contributed by atoms with Crippen molar-refractivity contribution < 1.29 is 23.9 Å². The molecule has 2 heterocycles. The normalized spacial score (nSPS) is 18.2. The molecule has 2 aromatic rings. The number of carbonyl (C=O) groups excluding carboxylic acids is 3. The van der Waals surface area contributed by atoms with Crippen molar-refractivity contribution in [3.8, 4) is 0 Å². The van der Waals surface area contributed by atoms with Crippen LogP contribution in [0.15, 0.2) is 60.7 Å². The Bertz CT molecular complexity index is 1020. The molecule has 2 aliphatic heterocycles. The molecule has 0 aliphatic carbocycles. The predicted octanol–water partition coefficient (Wildman–Crippen LogP) is 3.03. The summed E-state index contributed by atoms with van der Waals surface area (Å²) in [6, 6.07) is 19.0. The third-order valence-corrected chi connectivity index (χ3v) is 6.33. The van der Waals surface area contributed by atoms with Crippen LogP contribution in [0.4, 0.5) is 9.59 Å². The minimum absolute atomic E-state index is 0. The number of nitrogens with zero attached hydrogens (tertiary/aromatic N) is 2. The van der Waals surface area contributed by atoms with Crippen LogP contribution >= 0.6 is 0 Å². The summed E-state index contributed by atoms with van der Waals surface area (Å²) in [6.07, 6.45) is 1.07. The molecule has 4 rings (SSSR count). The number of benzene rings is 2. The maximum absolute atomic E-state index is 12.0. The van der Waals surface area contributed by atoms with Gasteiger partial charge in [0.2, 0.25) is 5.91 Å². The van der Waals surface area contributed by atoms with Crippen molar-refractivity contribution in [2.24, 2.45) is 0 Å². The summed E-state index contributed by atoms with van der Waals surface area (Å²) in [5.74, 6) is -0.130. The first-order chi connectivity index (χ1) is 19.4. The van der Waals surface area contributed by atoms with Crippen LogP contribution in [-0.2, 0) is 27.5 Å². The van der Waals surface area contributed by atoms with Gasteiger partial charge in [-0.15, -0.1) is 0 Å². The number of hydrogen-bond acceptors (Lipinski definition) is 6. The predicted molar refractivity (Wildman–Crippen MR) is 165 cm³/mol. The highest BCUT2D eigenvalue weighted by molar-refractivity contribution is 7.17. The minimum Gasteiger partial charge on any atom is -0.445 e. The van der Waals surface area contributed by atoms with E-state index in [2.05, 4.69) is 26.1 Å². The maximum atomic E-state index is 12.0. The molecule has 0 saturated carbocycles. The zero-order chi connectivity index (χ0) is 29.2. The largest absolute Gasteiger partial charge is 0.445 e. The average molecular weight is 559 g/mol. The Hall–Kier alpha value is -3.40. The molecule has 2 atom stereocenters. The number of carbonyl (C=O) groups is 3. The standard InChI is InChI=1S/C14H18N2O3.C14H20N2O2.CH4.B3/c1-11-13(17)15-8-5-9-16(11)14(18)19-10-12-6-3-2-4-7-12;1-12-10-15-8-5-9-16(12)14(17)18-11-13-6-3-2-4-7-13;;1-3-2/h2-4,6-7,11H,5,8-10H2,1H3,(H,15,17);2-4,6-7,12,15H,5,8-11H2,1H3;1H4;. The summed E-state index contributed by atoms with van der Waals surface area (Å²) >= 11 is 0. The van der Waals surface area contributed by atoms with Gasteiger partial charge in [0.05, 0.1) is 0 Å². The van der Waals surface area contributed by atoms with Crippen molar-refractivity contribution in [2.75, 3.05) is 32.7 Å². The molecule has 5 radical (unpaired) electrons. The first kappa shape index (κ1) is 35.6. The third kappa shape index (κ3) is 13.2. The molecule has 2 fully saturated rings. The summed E-state index contributed by atoms with van der Waals surface area (Å²) in [4.78, 5) is 38.9. The van der Waals surface area contributed by atoms with Crippen LogP contribution in [-0.4, -0.2) is 95.2 Å². The van der Waals surface area contributed by atoms with Gasteiger partial charge in [-0.2, -0.15) is 0 Å². The van der Waals surface area contributed by atoms with Gasteiger partial charge in [0, 0.05) is 54.8 Å². The SMILES string of the molecule is C.CC1C(=O)NCCCN1C(=O)OCc1ccccc1.CC1CNCCCN1C(=O)OCc1ccccc1.[B][B][B]. The molecule has 0 spiro atoms. The van der Waals surface area contributed by atoms with Gasteiger partial charge < -0.3 is 25.0 Å². The van der Waals surface area contributed by atoms with Crippen LogP contribution in [0.5, 0.6) is 0 Å². The topological polar surface area (TPSA) is 100 Å². The van der Waals surface area contributed by atoms with Crippen molar-refractivity contribution >= 4 is 40.6 Å². The Morgan fingerprint density at radius 3 is 1.85 bits per heavy atom. The second kappa shape index (κ2) is 20.5. The van der Waals surface area contributed by atoms with E-state index in [9.17, 15) is 14.4 Å². The zero-order valence-electron chi connectivity index (χ0n) is 23.5. The fourth-order valence-electron chi connectivity index (χ4n) is 4.08. The van der Waals surface area contributed by atoms with E-state index in [1.165, 1.54) is 4.90 Å². The van der Waals surface area contributed by atoms with E-state index < -0.39 is 12.1 Å². The molecule has 2 N–H and O–H groups in total. The summed E-state index contributed by atoms with van der Waals surface area (Å²) in [5, 5.41) is 6.07. The van der Waals surface area contributed by atoms with Crippen molar-refractivity contribution in [1.29, 1.82) is 0 Å². The monoisotopic (exact) mass is 559 g/mol. The molecule has 0 aromatic heterocycles. The van der Waals surface area contributed by atoms with Gasteiger partial charge in [0.1, 0.15) is 19.3 Å². The van der Waals surface area contributed by atoms with E-state index in [1.807, 2.05) is 72.5 Å². The van der Waals surface area contributed by atoms with Gasteiger partial charge in [0.25, 0.3) is 0 Å². The Labute approximate surface area is 248 Å². The second-order valence-corrected chi connectivity index (χ2v) is 9.39. The lowest BCUT2D eigenvalue weighted by atomic mass is 9.40. The fraction of sp³-hybridized carbons (Fsp3) is 0.483. The van der Waals surface area contributed by atoms with E-state index in [-0.39, 0.29) is 32.1 Å². The number of rotatable bonds is 4. The smallest absolute Gasteiger partial charge is 0.410 e. The second-order valence-electron chi connectivity index (χ2n) is 9.39. The highest BCUT2D eigenvalue weighted by atomic mass is 16.6. The van der Waals surface area contributed by atoms with Gasteiger partial charge in [-0.1, -0.05) is 68.1 Å². The minimum atomic E-state index is -0.481. The van der Waals surface area contributed by atoms with Gasteiger partial charge >= 0.3 is 12.2 Å². The van der Waals surface area contributed by atoms with Crippen LogP contribution in [0.25, 0.3) is 0 Å². The van der Waals surface area contributed by atoms with Crippen LogP contribution in [0.3, 0.4) is 0 Å². The zero-order valence-corrected chi connectivity index (χ0v) is 23.5. The number of ether oxygens (including phenoxy) is 2. The number of amides is 3. The molecule has 2 aliphatic rings. The Kier molecular flexibility index (Phi) is 17.8. The molecule has 217 valence electrons. The molecule has 2 unspecified atom stereocenters. The first-order valence-electron chi connectivity index (χ1n) is 13.6. The lowest BCUT2D eigenvalue weighted by Gasteiger charge is -2.25. The number of hydrogen-bond donors (Lipinski definition) is 2. The molecule has 2 saturated heterocycles. The van der Waals surface area contributed by atoms with Crippen LogP contribution in [0, 0.1) is 0 Å². The molecule has 9 nitrogen and oxygen atoms in total. The molecule has 0 bridgehead atoms. The van der Waals surface area contributed by atoms with E-state index >= 15 is 0 Å². The number of nitrogens with one attached hydrogen (secondary N) is 2. The van der Waals surface area contributed by atoms with E-state index in [0.29, 0.717) is 19.7 Å². The fourth-order valence-corrected chi connectivity index (χ4v) is 4.08.